The molecule has 0 aliphatic rings. The highest BCUT2D eigenvalue weighted by Gasteiger charge is 2.17. The van der Waals surface area contributed by atoms with Crippen molar-refractivity contribution in [2.45, 2.75) is 13.5 Å². The number of rotatable bonds is 4. The van der Waals surface area contributed by atoms with E-state index >= 15 is 0 Å². The second-order valence-electron chi connectivity index (χ2n) is 4.29. The zero-order valence-corrected chi connectivity index (χ0v) is 12.0. The van der Waals surface area contributed by atoms with Gasteiger partial charge < -0.3 is 15.7 Å². The first-order valence-electron chi connectivity index (χ1n) is 6.09. The number of carboxylic acids is 1. The minimum absolute atomic E-state index is 0.0811. The molecule has 0 bridgehead atoms. The van der Waals surface area contributed by atoms with Crippen molar-refractivity contribution in [3.63, 3.8) is 0 Å². The fourth-order valence-electron chi connectivity index (χ4n) is 1.76. The summed E-state index contributed by atoms with van der Waals surface area (Å²) in [7, 11) is 0. The van der Waals surface area contributed by atoms with Gasteiger partial charge in [0.15, 0.2) is 0 Å². The van der Waals surface area contributed by atoms with Gasteiger partial charge in [0.2, 0.25) is 0 Å². The van der Waals surface area contributed by atoms with E-state index in [9.17, 15) is 14.0 Å². The van der Waals surface area contributed by atoms with Gasteiger partial charge >= 0.3 is 12.0 Å². The number of halogens is 1. The van der Waals surface area contributed by atoms with Crippen molar-refractivity contribution in [1.82, 2.24) is 5.32 Å². The van der Waals surface area contributed by atoms with E-state index in [4.69, 9.17) is 5.11 Å². The highest BCUT2D eigenvalue weighted by atomic mass is 32.1. The number of thiophene rings is 1. The number of hydrogen-bond donors (Lipinski definition) is 3. The van der Waals surface area contributed by atoms with E-state index in [0.29, 0.717) is 6.54 Å². The van der Waals surface area contributed by atoms with Crippen molar-refractivity contribution in [3.8, 4) is 0 Å². The predicted molar refractivity (Wildman–Crippen MR) is 78.3 cm³/mol. The Morgan fingerprint density at radius 2 is 2.05 bits per heavy atom. The molecule has 7 heteroatoms. The summed E-state index contributed by atoms with van der Waals surface area (Å²) < 4.78 is 13.5. The largest absolute Gasteiger partial charge is 0.478 e. The molecule has 0 saturated heterocycles. The monoisotopic (exact) mass is 308 g/mol. The van der Waals surface area contributed by atoms with Gasteiger partial charge in [-0.15, -0.1) is 11.3 Å². The maximum absolute atomic E-state index is 13.5. The number of carbonyl (C=O) groups is 2. The van der Waals surface area contributed by atoms with Gasteiger partial charge in [0.05, 0.1) is 12.2 Å². The molecule has 2 amide bonds. The van der Waals surface area contributed by atoms with Gasteiger partial charge in [-0.25, -0.2) is 14.0 Å². The normalized spacial score (nSPS) is 10.2. The smallest absolute Gasteiger partial charge is 0.340 e. The van der Waals surface area contributed by atoms with Crippen LogP contribution in [0.5, 0.6) is 0 Å². The van der Waals surface area contributed by atoms with Crippen molar-refractivity contribution in [2.75, 3.05) is 5.32 Å². The van der Waals surface area contributed by atoms with E-state index in [1.54, 1.807) is 11.3 Å². The van der Waals surface area contributed by atoms with Crippen LogP contribution in [0.4, 0.5) is 14.9 Å². The molecule has 0 atom stereocenters. The predicted octanol–water partition coefficient (Wildman–Crippen LogP) is 3.22. The fourth-order valence-corrected chi connectivity index (χ4v) is 2.59. The molecule has 1 heterocycles. The van der Waals surface area contributed by atoms with E-state index in [1.165, 1.54) is 12.1 Å². The molecule has 0 aliphatic heterocycles. The molecular formula is C14H13FN2O3S. The number of carbonyl (C=O) groups excluding carboxylic acids is 1. The molecule has 21 heavy (non-hydrogen) atoms. The standard InChI is InChI=1S/C14H13FN2O3S/c1-8-5-6-9(21-8)7-16-14(20)17-11-4-2-3-10(15)12(11)13(18)19/h2-6H,7H2,1H3,(H,18,19)(H2,16,17,20). The lowest BCUT2D eigenvalue weighted by molar-refractivity contribution is 0.0693. The third kappa shape index (κ3) is 3.79. The van der Waals surface area contributed by atoms with Gasteiger partial charge in [-0.05, 0) is 31.2 Å². The van der Waals surface area contributed by atoms with Gasteiger partial charge in [-0.2, -0.15) is 0 Å². The number of aromatic carboxylic acids is 1. The maximum atomic E-state index is 13.5. The average Bonchev–Trinajstić information content (AvgIpc) is 2.82. The molecular weight excluding hydrogens is 295 g/mol. The molecule has 3 N–H and O–H groups in total. The number of carboxylic acid groups (broad SMARTS) is 1. The van der Waals surface area contributed by atoms with Crippen LogP contribution in [0, 0.1) is 12.7 Å². The minimum atomic E-state index is -1.43. The number of anilines is 1. The molecule has 5 nitrogen and oxygen atoms in total. The molecule has 2 aromatic rings. The van der Waals surface area contributed by atoms with Crippen LogP contribution in [0.15, 0.2) is 30.3 Å². The number of amides is 2. The Labute approximate surface area is 124 Å². The van der Waals surface area contributed by atoms with Crippen molar-refractivity contribution < 1.29 is 19.1 Å². The lowest BCUT2D eigenvalue weighted by atomic mass is 10.1. The summed E-state index contributed by atoms with van der Waals surface area (Å²) in [5.41, 5.74) is -0.637. The Morgan fingerprint density at radius 1 is 1.29 bits per heavy atom. The molecule has 110 valence electrons. The number of benzene rings is 1. The van der Waals surface area contributed by atoms with Crippen LogP contribution < -0.4 is 10.6 Å². The molecule has 1 aromatic carbocycles. The zero-order chi connectivity index (χ0) is 15.4. The molecule has 0 radical (unpaired) electrons. The summed E-state index contributed by atoms with van der Waals surface area (Å²) in [6, 6.07) is 6.94. The highest BCUT2D eigenvalue weighted by molar-refractivity contribution is 7.11. The van der Waals surface area contributed by atoms with Crippen molar-refractivity contribution >= 4 is 29.0 Å². The molecule has 2 rings (SSSR count). The Kier molecular flexibility index (Phi) is 4.54. The van der Waals surface area contributed by atoms with Crippen LogP contribution in [-0.4, -0.2) is 17.1 Å². The number of urea groups is 1. The maximum Gasteiger partial charge on any atom is 0.340 e. The van der Waals surface area contributed by atoms with Crippen LogP contribution in [-0.2, 0) is 6.54 Å². The van der Waals surface area contributed by atoms with Gasteiger partial charge in [0, 0.05) is 9.75 Å². The second-order valence-corrected chi connectivity index (χ2v) is 5.66. The van der Waals surface area contributed by atoms with E-state index in [0.717, 1.165) is 15.8 Å². The van der Waals surface area contributed by atoms with E-state index in [1.807, 2.05) is 19.1 Å². The zero-order valence-electron chi connectivity index (χ0n) is 11.1. The quantitative estimate of drug-likeness (QED) is 0.811. The lowest BCUT2D eigenvalue weighted by Gasteiger charge is -2.09. The SMILES string of the molecule is Cc1ccc(CNC(=O)Nc2cccc(F)c2C(=O)O)s1. The summed E-state index contributed by atoms with van der Waals surface area (Å²) in [6.07, 6.45) is 0. The fraction of sp³-hybridized carbons (Fsp3) is 0.143. The third-order valence-corrected chi connectivity index (χ3v) is 3.70. The van der Waals surface area contributed by atoms with Crippen LogP contribution >= 0.6 is 11.3 Å². The Bertz CT molecular complexity index is 685. The molecule has 0 fully saturated rings. The Morgan fingerprint density at radius 3 is 2.67 bits per heavy atom. The van der Waals surface area contributed by atoms with Crippen molar-refractivity contribution in [3.05, 3.63) is 51.5 Å². The van der Waals surface area contributed by atoms with E-state index in [2.05, 4.69) is 10.6 Å². The number of nitrogens with one attached hydrogen (secondary N) is 2. The first-order chi connectivity index (χ1) is 9.97. The molecule has 0 unspecified atom stereocenters. The second kappa shape index (κ2) is 6.36. The summed E-state index contributed by atoms with van der Waals surface area (Å²) in [5.74, 6) is -2.33. The minimum Gasteiger partial charge on any atom is -0.478 e. The molecule has 0 spiro atoms. The van der Waals surface area contributed by atoms with Crippen molar-refractivity contribution in [2.24, 2.45) is 0 Å². The van der Waals surface area contributed by atoms with Crippen LogP contribution in [0.3, 0.4) is 0 Å². The summed E-state index contributed by atoms with van der Waals surface area (Å²) >= 11 is 1.55. The van der Waals surface area contributed by atoms with Gasteiger partial charge in [-0.1, -0.05) is 6.07 Å². The highest BCUT2D eigenvalue weighted by Crippen LogP contribution is 2.19. The van der Waals surface area contributed by atoms with E-state index in [-0.39, 0.29) is 5.69 Å². The number of hydrogen-bond acceptors (Lipinski definition) is 3. The molecule has 1 aromatic heterocycles. The summed E-state index contributed by atoms with van der Waals surface area (Å²) in [6.45, 7) is 2.28. The van der Waals surface area contributed by atoms with Gasteiger partial charge in [-0.3, -0.25) is 0 Å². The lowest BCUT2D eigenvalue weighted by Crippen LogP contribution is -2.28. The molecule has 0 aliphatic carbocycles. The van der Waals surface area contributed by atoms with Gasteiger partial charge in [0.25, 0.3) is 0 Å². The molecule has 0 saturated carbocycles. The Balaban J connectivity index is 2.03. The van der Waals surface area contributed by atoms with Crippen molar-refractivity contribution in [1.29, 1.82) is 0 Å². The van der Waals surface area contributed by atoms with Crippen LogP contribution in [0.1, 0.15) is 20.1 Å². The van der Waals surface area contributed by atoms with Crippen LogP contribution in [0.2, 0.25) is 0 Å². The first kappa shape index (κ1) is 15.0. The summed E-state index contributed by atoms with van der Waals surface area (Å²) in [5, 5.41) is 13.9. The van der Waals surface area contributed by atoms with Crippen LogP contribution in [0.25, 0.3) is 0 Å². The first-order valence-corrected chi connectivity index (χ1v) is 6.91. The summed E-state index contributed by atoms with van der Waals surface area (Å²) in [4.78, 5) is 24.8. The Hall–Kier alpha value is -2.41. The average molecular weight is 308 g/mol. The third-order valence-electron chi connectivity index (χ3n) is 2.69. The van der Waals surface area contributed by atoms with E-state index < -0.39 is 23.4 Å². The topological polar surface area (TPSA) is 78.4 Å². The number of aryl methyl sites for hydroxylation is 1. The van der Waals surface area contributed by atoms with Gasteiger partial charge in [0.1, 0.15) is 11.4 Å².